The predicted molar refractivity (Wildman–Crippen MR) is 150 cm³/mol. The second-order valence-corrected chi connectivity index (χ2v) is 11.4. The molecular formula is C34H33NO3. The minimum Gasteiger partial charge on any atom is -0.448 e. The fourth-order valence-electron chi connectivity index (χ4n) is 7.37. The molecule has 1 aliphatic carbocycles. The molecule has 3 aliphatic rings. The van der Waals surface area contributed by atoms with Gasteiger partial charge in [0.2, 0.25) is 0 Å². The second kappa shape index (κ2) is 9.28. The normalized spacial score (nSPS) is 24.2. The first-order valence-corrected chi connectivity index (χ1v) is 13.9. The summed E-state index contributed by atoms with van der Waals surface area (Å²) in [6.07, 6.45) is 4.51. The van der Waals surface area contributed by atoms with Crippen LogP contribution in [0.1, 0.15) is 54.7 Å². The van der Waals surface area contributed by atoms with Crippen LogP contribution in [0.25, 0.3) is 21.9 Å². The number of ether oxygens (including phenoxy) is 1. The standard InChI is InChI=1S/C34H33NO3/c36-33(38-22-32-30-14-5-3-12-28(30)29-13-4-6-15-31(29)32)35-26-10-7-11-27(35)21-34(37,20-26)19-23-16-17-24-8-1-2-9-25(24)18-23/h1-6,8-9,12-18,26-27,32,37H,7,10-11,19-22H2. The van der Waals surface area contributed by atoms with Crippen LogP contribution in [-0.2, 0) is 11.2 Å². The van der Waals surface area contributed by atoms with Crippen LogP contribution in [0, 0.1) is 0 Å². The second-order valence-electron chi connectivity index (χ2n) is 11.4. The Balaban J connectivity index is 1.07. The molecule has 2 heterocycles. The minimum atomic E-state index is -0.807. The first-order valence-electron chi connectivity index (χ1n) is 13.9. The van der Waals surface area contributed by atoms with E-state index in [9.17, 15) is 9.90 Å². The van der Waals surface area contributed by atoms with Crippen molar-refractivity contribution < 1.29 is 14.6 Å². The van der Waals surface area contributed by atoms with Gasteiger partial charge in [-0.05, 0) is 70.7 Å². The third kappa shape index (κ3) is 4.08. The molecular weight excluding hydrogens is 470 g/mol. The Bertz CT molecular complexity index is 1450. The molecule has 4 heteroatoms. The van der Waals surface area contributed by atoms with Gasteiger partial charge in [0.25, 0.3) is 0 Å². The Hall–Kier alpha value is -3.63. The molecule has 1 amide bonds. The number of piperidine rings is 2. The molecule has 4 aromatic carbocycles. The third-order valence-corrected chi connectivity index (χ3v) is 8.99. The number of benzene rings is 4. The van der Waals surface area contributed by atoms with Crippen LogP contribution < -0.4 is 0 Å². The molecule has 2 aliphatic heterocycles. The van der Waals surface area contributed by atoms with Crippen LogP contribution in [0.15, 0.2) is 91.0 Å². The lowest BCUT2D eigenvalue weighted by Gasteiger charge is -2.51. The molecule has 0 aromatic heterocycles. The van der Waals surface area contributed by atoms with Gasteiger partial charge < -0.3 is 14.7 Å². The van der Waals surface area contributed by atoms with Crippen molar-refractivity contribution in [3.63, 3.8) is 0 Å². The van der Waals surface area contributed by atoms with E-state index in [4.69, 9.17) is 4.74 Å². The number of hydrogen-bond acceptors (Lipinski definition) is 3. The van der Waals surface area contributed by atoms with Gasteiger partial charge in [0.15, 0.2) is 0 Å². The van der Waals surface area contributed by atoms with E-state index in [-0.39, 0.29) is 24.1 Å². The number of nitrogens with zero attached hydrogens (tertiary/aromatic N) is 1. The zero-order valence-electron chi connectivity index (χ0n) is 21.6. The summed E-state index contributed by atoms with van der Waals surface area (Å²) in [7, 11) is 0. The number of carbonyl (C=O) groups is 1. The Morgan fingerprint density at radius 3 is 2.11 bits per heavy atom. The van der Waals surface area contributed by atoms with Gasteiger partial charge in [-0.1, -0.05) is 91.0 Å². The van der Waals surface area contributed by atoms with Crippen molar-refractivity contribution >= 4 is 16.9 Å². The molecule has 4 nitrogen and oxygen atoms in total. The van der Waals surface area contributed by atoms with Crippen LogP contribution in [0.4, 0.5) is 4.79 Å². The summed E-state index contributed by atoms with van der Waals surface area (Å²) in [6.45, 7) is 0.337. The Morgan fingerprint density at radius 1 is 0.816 bits per heavy atom. The summed E-state index contributed by atoms with van der Waals surface area (Å²) in [4.78, 5) is 15.5. The van der Waals surface area contributed by atoms with E-state index in [0.717, 1.165) is 24.8 Å². The van der Waals surface area contributed by atoms with E-state index in [1.165, 1.54) is 33.0 Å². The summed E-state index contributed by atoms with van der Waals surface area (Å²) in [5, 5.41) is 14.2. The van der Waals surface area contributed by atoms with Crippen molar-refractivity contribution in [2.75, 3.05) is 6.61 Å². The number of hydrogen-bond donors (Lipinski definition) is 1. The maximum atomic E-state index is 13.5. The van der Waals surface area contributed by atoms with E-state index < -0.39 is 5.60 Å². The molecule has 1 N–H and O–H groups in total. The molecule has 2 saturated heterocycles. The maximum Gasteiger partial charge on any atom is 0.410 e. The Kier molecular flexibility index (Phi) is 5.74. The van der Waals surface area contributed by atoms with Crippen molar-refractivity contribution in [1.82, 2.24) is 4.90 Å². The SMILES string of the molecule is O=C(OCC1c2ccccc2-c2ccccc21)N1C2CCCC1CC(O)(Cc1ccc3ccccc3c1)C2. The molecule has 7 rings (SSSR count). The Morgan fingerprint density at radius 2 is 1.42 bits per heavy atom. The monoisotopic (exact) mass is 503 g/mol. The predicted octanol–water partition coefficient (Wildman–Crippen LogP) is 7.08. The highest BCUT2D eigenvalue weighted by Crippen LogP contribution is 2.45. The smallest absolute Gasteiger partial charge is 0.410 e. The first-order chi connectivity index (χ1) is 18.6. The summed E-state index contributed by atoms with van der Waals surface area (Å²) < 4.78 is 6.06. The summed E-state index contributed by atoms with van der Waals surface area (Å²) in [6, 6.07) is 31.7. The van der Waals surface area contributed by atoms with Crippen molar-refractivity contribution in [3.8, 4) is 11.1 Å². The number of carbonyl (C=O) groups excluding carboxylic acids is 1. The Labute approximate surface area is 223 Å². The number of aliphatic hydroxyl groups is 1. The van der Waals surface area contributed by atoms with Crippen LogP contribution in [-0.4, -0.2) is 40.4 Å². The number of rotatable bonds is 4. The zero-order chi connectivity index (χ0) is 25.7. The molecule has 0 radical (unpaired) electrons. The van der Waals surface area contributed by atoms with E-state index >= 15 is 0 Å². The number of amides is 1. The molecule has 2 fully saturated rings. The van der Waals surface area contributed by atoms with Gasteiger partial charge in [-0.25, -0.2) is 4.79 Å². The average molecular weight is 504 g/mol. The molecule has 4 aromatic rings. The van der Waals surface area contributed by atoms with E-state index in [2.05, 4.69) is 91.0 Å². The van der Waals surface area contributed by atoms with Crippen LogP contribution in [0.2, 0.25) is 0 Å². The lowest BCUT2D eigenvalue weighted by atomic mass is 9.73. The molecule has 0 spiro atoms. The zero-order valence-corrected chi connectivity index (χ0v) is 21.6. The van der Waals surface area contributed by atoms with E-state index in [1.807, 2.05) is 4.90 Å². The largest absolute Gasteiger partial charge is 0.448 e. The highest BCUT2D eigenvalue weighted by molar-refractivity contribution is 5.83. The molecule has 0 saturated carbocycles. The van der Waals surface area contributed by atoms with E-state index in [1.54, 1.807) is 0 Å². The number of fused-ring (bicyclic) bond motifs is 6. The molecule has 192 valence electrons. The van der Waals surface area contributed by atoms with Gasteiger partial charge in [0, 0.05) is 24.4 Å². The minimum absolute atomic E-state index is 0.0172. The van der Waals surface area contributed by atoms with E-state index in [0.29, 0.717) is 25.9 Å². The lowest BCUT2D eigenvalue weighted by Crippen LogP contribution is -2.60. The van der Waals surface area contributed by atoms with Crippen molar-refractivity contribution in [3.05, 3.63) is 108 Å². The quantitative estimate of drug-likeness (QED) is 0.324. The van der Waals surface area contributed by atoms with Gasteiger partial charge in [0.1, 0.15) is 6.61 Å². The van der Waals surface area contributed by atoms with Gasteiger partial charge in [-0.3, -0.25) is 0 Å². The summed E-state index contributed by atoms with van der Waals surface area (Å²) in [5.74, 6) is 0.0563. The first kappa shape index (κ1) is 23.5. The highest BCUT2D eigenvalue weighted by Gasteiger charge is 2.48. The lowest BCUT2D eigenvalue weighted by molar-refractivity contribution is -0.0840. The fourth-order valence-corrected chi connectivity index (χ4v) is 7.37. The van der Waals surface area contributed by atoms with Crippen molar-refractivity contribution in [2.24, 2.45) is 0 Å². The van der Waals surface area contributed by atoms with Gasteiger partial charge in [-0.15, -0.1) is 0 Å². The summed E-state index contributed by atoms with van der Waals surface area (Å²) in [5.41, 5.74) is 5.27. The van der Waals surface area contributed by atoms with Gasteiger partial charge in [0.05, 0.1) is 5.60 Å². The topological polar surface area (TPSA) is 49.8 Å². The van der Waals surface area contributed by atoms with Gasteiger partial charge in [-0.2, -0.15) is 0 Å². The molecule has 2 bridgehead atoms. The van der Waals surface area contributed by atoms with Crippen LogP contribution in [0.3, 0.4) is 0 Å². The fraction of sp³-hybridized carbons (Fsp3) is 0.324. The average Bonchev–Trinajstić information content (AvgIpc) is 3.25. The maximum absolute atomic E-state index is 13.5. The molecule has 2 atom stereocenters. The van der Waals surface area contributed by atoms with Crippen LogP contribution in [0.5, 0.6) is 0 Å². The van der Waals surface area contributed by atoms with Gasteiger partial charge >= 0.3 is 6.09 Å². The molecule has 38 heavy (non-hydrogen) atoms. The van der Waals surface area contributed by atoms with Crippen molar-refractivity contribution in [2.45, 2.75) is 62.1 Å². The summed E-state index contributed by atoms with van der Waals surface area (Å²) >= 11 is 0. The molecule has 2 unspecified atom stereocenters. The van der Waals surface area contributed by atoms with Crippen molar-refractivity contribution in [1.29, 1.82) is 0 Å². The van der Waals surface area contributed by atoms with Crippen LogP contribution >= 0.6 is 0 Å². The third-order valence-electron chi connectivity index (χ3n) is 8.99. The highest BCUT2D eigenvalue weighted by atomic mass is 16.6.